The van der Waals surface area contributed by atoms with E-state index in [1.54, 1.807) is 0 Å². The Morgan fingerprint density at radius 1 is 0.370 bits per heavy atom. The van der Waals surface area contributed by atoms with Gasteiger partial charge in [-0.1, -0.05) is 171 Å². The van der Waals surface area contributed by atoms with Crippen LogP contribution in [0.2, 0.25) is 13.1 Å². The third-order valence-electron chi connectivity index (χ3n) is 11.7. The van der Waals surface area contributed by atoms with Crippen molar-refractivity contribution < 1.29 is 0 Å². The van der Waals surface area contributed by atoms with Gasteiger partial charge in [0.25, 0.3) is 0 Å². The lowest BCUT2D eigenvalue weighted by atomic mass is 9.65. The topological polar surface area (TPSA) is 8.17 Å². The standard InChI is InChI=1S/C51H40N2Si/c1-54(2)49-30-18-17-29-46(49)52(41-25-13-6-14-26-41)47-34-32-42(36-50(47)54)53-45-28-16-15-27-43(45)44-33-31-40(35-48(44)53)51(37-19-7-3-8-20-37,38-21-9-4-10-22-38)39-23-11-5-12-24-39/h3-36H,1-2H3. The summed E-state index contributed by atoms with van der Waals surface area (Å²) in [6.45, 7) is 5.02. The van der Waals surface area contributed by atoms with Crippen LogP contribution in [0, 0.1) is 0 Å². The van der Waals surface area contributed by atoms with E-state index in [1.807, 2.05) is 0 Å². The molecule has 0 saturated heterocycles. The normalized spacial score (nSPS) is 13.5. The van der Waals surface area contributed by atoms with Crippen molar-refractivity contribution in [1.29, 1.82) is 0 Å². The molecular formula is C51H40N2Si. The molecule has 0 bridgehead atoms. The van der Waals surface area contributed by atoms with Crippen molar-refractivity contribution in [3.05, 3.63) is 229 Å². The molecule has 1 aliphatic heterocycles. The average molecular weight is 709 g/mol. The van der Waals surface area contributed by atoms with Gasteiger partial charge >= 0.3 is 0 Å². The Kier molecular flexibility index (Phi) is 7.53. The van der Waals surface area contributed by atoms with Crippen LogP contribution in [0.1, 0.15) is 22.3 Å². The van der Waals surface area contributed by atoms with E-state index >= 15 is 0 Å². The summed E-state index contributed by atoms with van der Waals surface area (Å²) in [5, 5.41) is 5.41. The minimum Gasteiger partial charge on any atom is -0.311 e. The summed E-state index contributed by atoms with van der Waals surface area (Å²) < 4.78 is 2.51. The SMILES string of the molecule is C[Si]1(C)c2ccccc2N(c2ccccc2)c2ccc(-n3c4ccccc4c4ccc(C(c5ccccc5)(c5ccccc5)c5ccccc5)cc43)cc21. The molecule has 0 radical (unpaired) electrons. The maximum atomic E-state index is 2.51. The van der Waals surface area contributed by atoms with E-state index in [0.717, 1.165) is 0 Å². The molecule has 0 spiro atoms. The molecule has 10 rings (SSSR count). The van der Waals surface area contributed by atoms with Crippen molar-refractivity contribution >= 4 is 57.3 Å². The van der Waals surface area contributed by atoms with Crippen molar-refractivity contribution in [2.24, 2.45) is 0 Å². The maximum Gasteiger partial charge on any atom is 0.117 e. The summed E-state index contributed by atoms with van der Waals surface area (Å²) in [6, 6.07) is 76.2. The third-order valence-corrected chi connectivity index (χ3v) is 15.2. The number of hydrogen-bond acceptors (Lipinski definition) is 1. The van der Waals surface area contributed by atoms with Crippen LogP contribution in [-0.2, 0) is 5.41 Å². The van der Waals surface area contributed by atoms with Gasteiger partial charge in [0.05, 0.1) is 16.4 Å². The van der Waals surface area contributed by atoms with E-state index < -0.39 is 13.5 Å². The van der Waals surface area contributed by atoms with E-state index in [-0.39, 0.29) is 0 Å². The molecule has 0 unspecified atom stereocenters. The second-order valence-corrected chi connectivity index (χ2v) is 19.3. The van der Waals surface area contributed by atoms with Crippen molar-refractivity contribution in [3.63, 3.8) is 0 Å². The van der Waals surface area contributed by atoms with Gasteiger partial charge in [-0.15, -0.1) is 0 Å². The number of anilines is 3. The summed E-state index contributed by atoms with van der Waals surface area (Å²) in [5.41, 5.74) is 11.8. The van der Waals surface area contributed by atoms with E-state index in [0.29, 0.717) is 0 Å². The van der Waals surface area contributed by atoms with Gasteiger partial charge in [-0.05, 0) is 81.2 Å². The summed E-state index contributed by atoms with van der Waals surface area (Å²) in [7, 11) is -2.11. The van der Waals surface area contributed by atoms with Crippen LogP contribution >= 0.6 is 0 Å². The third kappa shape index (κ3) is 4.78. The average Bonchev–Trinajstić information content (AvgIpc) is 3.57. The monoisotopic (exact) mass is 708 g/mol. The molecule has 54 heavy (non-hydrogen) atoms. The largest absolute Gasteiger partial charge is 0.311 e. The number of nitrogens with zero attached hydrogens (tertiary/aromatic N) is 2. The first-order chi connectivity index (χ1) is 26.6. The molecule has 0 atom stereocenters. The highest BCUT2D eigenvalue weighted by atomic mass is 28.3. The number of fused-ring (bicyclic) bond motifs is 5. The zero-order chi connectivity index (χ0) is 36.3. The minimum absolute atomic E-state index is 0.538. The molecule has 9 aromatic rings. The number of hydrogen-bond donors (Lipinski definition) is 0. The van der Waals surface area contributed by atoms with Gasteiger partial charge in [-0.25, -0.2) is 0 Å². The Hall–Kier alpha value is -6.42. The lowest BCUT2D eigenvalue weighted by Gasteiger charge is -2.41. The first kappa shape index (κ1) is 32.2. The van der Waals surface area contributed by atoms with Crippen LogP contribution in [0.4, 0.5) is 17.1 Å². The maximum absolute atomic E-state index is 2.51. The lowest BCUT2D eigenvalue weighted by Crippen LogP contribution is -2.58. The summed E-state index contributed by atoms with van der Waals surface area (Å²) in [5.74, 6) is 0. The quantitative estimate of drug-likeness (QED) is 0.123. The van der Waals surface area contributed by atoms with Crippen LogP contribution in [0.5, 0.6) is 0 Å². The van der Waals surface area contributed by atoms with Gasteiger partial charge in [0.15, 0.2) is 0 Å². The van der Waals surface area contributed by atoms with Crippen LogP contribution < -0.4 is 15.3 Å². The summed E-state index contributed by atoms with van der Waals surface area (Å²) in [6.07, 6.45) is 0. The number of benzene rings is 8. The molecule has 2 nitrogen and oxygen atoms in total. The molecule has 0 aliphatic carbocycles. The van der Waals surface area contributed by atoms with E-state index in [1.165, 1.54) is 77.2 Å². The molecule has 0 saturated carbocycles. The first-order valence-electron chi connectivity index (χ1n) is 18.9. The van der Waals surface area contributed by atoms with Crippen LogP contribution in [-0.4, -0.2) is 12.6 Å². The Bertz CT molecular complexity index is 2690. The zero-order valence-corrected chi connectivity index (χ0v) is 31.5. The highest BCUT2D eigenvalue weighted by Gasteiger charge is 2.40. The molecule has 2 heterocycles. The first-order valence-corrected chi connectivity index (χ1v) is 21.9. The van der Waals surface area contributed by atoms with Gasteiger partial charge in [0.2, 0.25) is 0 Å². The predicted octanol–water partition coefficient (Wildman–Crippen LogP) is 11.8. The van der Waals surface area contributed by atoms with Crippen molar-refractivity contribution in [3.8, 4) is 5.69 Å². The summed E-state index contributed by atoms with van der Waals surface area (Å²) in [4.78, 5) is 2.46. The number of aromatic nitrogens is 1. The fraction of sp³-hybridized carbons (Fsp3) is 0.0588. The smallest absolute Gasteiger partial charge is 0.117 e. The fourth-order valence-corrected chi connectivity index (χ4v) is 12.2. The molecule has 8 aromatic carbocycles. The van der Waals surface area contributed by atoms with Gasteiger partial charge in [-0.3, -0.25) is 0 Å². The molecular weight excluding hydrogens is 669 g/mol. The Morgan fingerprint density at radius 3 is 1.54 bits per heavy atom. The second-order valence-electron chi connectivity index (χ2n) is 14.9. The van der Waals surface area contributed by atoms with E-state index in [4.69, 9.17) is 0 Å². The van der Waals surface area contributed by atoms with Crippen molar-refractivity contribution in [2.45, 2.75) is 18.5 Å². The molecule has 0 amide bonds. The second kappa shape index (κ2) is 12.6. The van der Waals surface area contributed by atoms with Gasteiger partial charge in [0, 0.05) is 33.5 Å². The van der Waals surface area contributed by atoms with Gasteiger partial charge in [0.1, 0.15) is 8.07 Å². The Morgan fingerprint density at radius 2 is 0.889 bits per heavy atom. The molecule has 1 aliphatic rings. The van der Waals surface area contributed by atoms with Gasteiger partial charge in [-0.2, -0.15) is 0 Å². The highest BCUT2D eigenvalue weighted by molar-refractivity contribution is 7.02. The molecule has 258 valence electrons. The highest BCUT2D eigenvalue weighted by Crippen LogP contribution is 2.47. The number of rotatable bonds is 6. The molecule has 0 N–H and O–H groups in total. The van der Waals surface area contributed by atoms with E-state index in [2.05, 4.69) is 229 Å². The van der Waals surface area contributed by atoms with Gasteiger partial charge < -0.3 is 9.47 Å². The Balaban J connectivity index is 1.26. The van der Waals surface area contributed by atoms with Crippen molar-refractivity contribution in [1.82, 2.24) is 4.57 Å². The number of para-hydroxylation sites is 3. The zero-order valence-electron chi connectivity index (χ0n) is 30.5. The van der Waals surface area contributed by atoms with Crippen LogP contribution in [0.3, 0.4) is 0 Å². The van der Waals surface area contributed by atoms with Crippen LogP contribution in [0.25, 0.3) is 27.5 Å². The lowest BCUT2D eigenvalue weighted by molar-refractivity contribution is 0.746. The molecule has 3 heteroatoms. The minimum atomic E-state index is -2.11. The van der Waals surface area contributed by atoms with E-state index in [9.17, 15) is 0 Å². The fourth-order valence-electron chi connectivity index (χ4n) is 9.23. The van der Waals surface area contributed by atoms with Crippen molar-refractivity contribution in [2.75, 3.05) is 4.90 Å². The molecule has 0 fully saturated rings. The summed E-state index contributed by atoms with van der Waals surface area (Å²) >= 11 is 0. The molecule has 1 aromatic heterocycles. The Labute approximate surface area is 318 Å². The predicted molar refractivity (Wildman–Crippen MR) is 231 cm³/mol. The van der Waals surface area contributed by atoms with Crippen LogP contribution in [0.15, 0.2) is 206 Å².